The molecule has 92 valence electrons. The molecule has 2 aromatic rings. The van der Waals surface area contributed by atoms with Gasteiger partial charge in [0.05, 0.1) is 0 Å². The largest absolute Gasteiger partial charge is 0.431 e. The van der Waals surface area contributed by atoms with Crippen LogP contribution in [0.4, 0.5) is 0 Å². The van der Waals surface area contributed by atoms with Crippen molar-refractivity contribution in [2.24, 2.45) is 0 Å². The van der Waals surface area contributed by atoms with Gasteiger partial charge in [-0.15, -0.1) is 0 Å². The molecule has 0 bridgehead atoms. The molecule has 0 saturated heterocycles. The Morgan fingerprint density at radius 2 is 2.24 bits per heavy atom. The summed E-state index contributed by atoms with van der Waals surface area (Å²) >= 11 is 1.69. The first-order valence-electron chi connectivity index (χ1n) is 5.95. The molecule has 1 atom stereocenters. The molecule has 0 aliphatic heterocycles. The van der Waals surface area contributed by atoms with E-state index in [1.54, 1.807) is 11.8 Å². The van der Waals surface area contributed by atoms with Crippen molar-refractivity contribution in [3.05, 3.63) is 24.3 Å². The lowest BCUT2D eigenvalue weighted by Crippen LogP contribution is -2.20. The minimum Gasteiger partial charge on any atom is -0.431 e. The van der Waals surface area contributed by atoms with Crippen LogP contribution in [-0.4, -0.2) is 23.8 Å². The van der Waals surface area contributed by atoms with E-state index in [-0.39, 0.29) is 0 Å². The third kappa shape index (κ3) is 3.48. The van der Waals surface area contributed by atoms with Crippen LogP contribution in [0.5, 0.6) is 0 Å². The zero-order valence-corrected chi connectivity index (χ0v) is 11.1. The minimum atomic E-state index is 0.583. The number of aromatic nitrogens is 1. The maximum Gasteiger partial charge on any atom is 0.256 e. The third-order valence-corrected chi connectivity index (χ3v) is 3.69. The molecular weight excluding hydrogens is 232 g/mol. The molecule has 1 unspecified atom stereocenters. The number of thioether (sulfide) groups is 1. The maximum absolute atomic E-state index is 5.64. The van der Waals surface area contributed by atoms with Crippen molar-refractivity contribution in [3.63, 3.8) is 0 Å². The smallest absolute Gasteiger partial charge is 0.256 e. The predicted molar refractivity (Wildman–Crippen MR) is 72.5 cm³/mol. The highest BCUT2D eigenvalue weighted by Gasteiger charge is 2.05. The molecule has 1 heterocycles. The molecule has 0 radical (unpaired) electrons. The monoisotopic (exact) mass is 250 g/mol. The van der Waals surface area contributed by atoms with Crippen LogP contribution in [0.15, 0.2) is 33.9 Å². The Morgan fingerprint density at radius 1 is 1.41 bits per heavy atom. The molecule has 3 nitrogen and oxygen atoms in total. The van der Waals surface area contributed by atoms with Gasteiger partial charge >= 0.3 is 0 Å². The molecule has 1 N–H and O–H groups in total. The molecular formula is C13H18N2OS. The van der Waals surface area contributed by atoms with Gasteiger partial charge in [0.15, 0.2) is 5.58 Å². The topological polar surface area (TPSA) is 38.1 Å². The highest BCUT2D eigenvalue weighted by Crippen LogP contribution is 2.23. The molecule has 17 heavy (non-hydrogen) atoms. The first-order valence-corrected chi connectivity index (χ1v) is 6.94. The van der Waals surface area contributed by atoms with Gasteiger partial charge < -0.3 is 9.73 Å². The summed E-state index contributed by atoms with van der Waals surface area (Å²) in [7, 11) is 2.00. The lowest BCUT2D eigenvalue weighted by Gasteiger charge is -2.07. The van der Waals surface area contributed by atoms with Gasteiger partial charge in [-0.3, -0.25) is 0 Å². The van der Waals surface area contributed by atoms with E-state index >= 15 is 0 Å². The van der Waals surface area contributed by atoms with Gasteiger partial charge in [0.1, 0.15) is 5.52 Å². The summed E-state index contributed by atoms with van der Waals surface area (Å²) in [6.07, 6.45) is 2.36. The van der Waals surface area contributed by atoms with Crippen molar-refractivity contribution in [3.8, 4) is 0 Å². The second-order valence-electron chi connectivity index (χ2n) is 4.13. The standard InChI is InChI=1S/C13H18N2OS/c1-10(14-2)6-5-9-17-13-15-11-7-3-4-8-12(11)16-13/h3-4,7-8,10,14H,5-6,9H2,1-2H3. The number of nitrogens with zero attached hydrogens (tertiary/aromatic N) is 1. The number of fused-ring (bicyclic) bond motifs is 1. The van der Waals surface area contributed by atoms with Gasteiger partial charge in [-0.25, -0.2) is 4.98 Å². The van der Waals surface area contributed by atoms with Crippen molar-refractivity contribution in [1.29, 1.82) is 0 Å². The van der Waals surface area contributed by atoms with E-state index in [2.05, 4.69) is 17.2 Å². The van der Waals surface area contributed by atoms with Gasteiger partial charge in [-0.05, 0) is 38.9 Å². The maximum atomic E-state index is 5.64. The lowest BCUT2D eigenvalue weighted by molar-refractivity contribution is 0.488. The molecule has 1 aromatic carbocycles. The molecule has 1 aromatic heterocycles. The molecule has 4 heteroatoms. The van der Waals surface area contributed by atoms with E-state index in [4.69, 9.17) is 4.42 Å². The number of rotatable bonds is 6. The Kier molecular flexibility index (Phi) is 4.45. The predicted octanol–water partition coefficient (Wildman–Crippen LogP) is 3.31. The third-order valence-electron chi connectivity index (χ3n) is 2.77. The van der Waals surface area contributed by atoms with E-state index in [1.165, 1.54) is 12.8 Å². The molecule has 0 spiro atoms. The fourth-order valence-electron chi connectivity index (χ4n) is 1.61. The van der Waals surface area contributed by atoms with Crippen LogP contribution in [0, 0.1) is 0 Å². The van der Waals surface area contributed by atoms with E-state index in [0.29, 0.717) is 6.04 Å². The zero-order chi connectivity index (χ0) is 12.1. The number of para-hydroxylation sites is 2. The van der Waals surface area contributed by atoms with E-state index in [0.717, 1.165) is 22.1 Å². The Balaban J connectivity index is 1.83. The SMILES string of the molecule is CNC(C)CCCSc1nc2ccccc2o1. The molecule has 0 saturated carbocycles. The molecule has 0 aliphatic rings. The first kappa shape index (κ1) is 12.5. The van der Waals surface area contributed by atoms with E-state index < -0.39 is 0 Å². The zero-order valence-electron chi connectivity index (χ0n) is 10.3. The minimum absolute atomic E-state index is 0.583. The summed E-state index contributed by atoms with van der Waals surface area (Å²) in [4.78, 5) is 4.43. The van der Waals surface area contributed by atoms with Crippen LogP contribution >= 0.6 is 11.8 Å². The van der Waals surface area contributed by atoms with E-state index in [9.17, 15) is 0 Å². The van der Waals surface area contributed by atoms with Crippen LogP contribution in [0.1, 0.15) is 19.8 Å². The first-order chi connectivity index (χ1) is 8.29. The number of oxazole rings is 1. The fraction of sp³-hybridized carbons (Fsp3) is 0.462. The van der Waals surface area contributed by atoms with Crippen molar-refractivity contribution in [1.82, 2.24) is 10.3 Å². The molecule has 0 amide bonds. The Labute approximate surface area is 106 Å². The number of benzene rings is 1. The lowest BCUT2D eigenvalue weighted by atomic mass is 10.2. The van der Waals surface area contributed by atoms with Crippen molar-refractivity contribution < 1.29 is 4.42 Å². The van der Waals surface area contributed by atoms with E-state index in [1.807, 2.05) is 31.3 Å². The van der Waals surface area contributed by atoms with Gasteiger partial charge in [-0.2, -0.15) is 0 Å². The van der Waals surface area contributed by atoms with Crippen LogP contribution < -0.4 is 5.32 Å². The quantitative estimate of drug-likeness (QED) is 0.630. The van der Waals surface area contributed by atoms with Gasteiger partial charge in [0.2, 0.25) is 0 Å². The molecule has 2 rings (SSSR count). The normalized spacial score (nSPS) is 13.1. The number of hydrogen-bond acceptors (Lipinski definition) is 4. The number of hydrogen-bond donors (Lipinski definition) is 1. The summed E-state index contributed by atoms with van der Waals surface area (Å²) in [5, 5.41) is 4.02. The summed E-state index contributed by atoms with van der Waals surface area (Å²) in [5.74, 6) is 1.05. The summed E-state index contributed by atoms with van der Waals surface area (Å²) < 4.78 is 5.64. The summed E-state index contributed by atoms with van der Waals surface area (Å²) in [6.45, 7) is 2.20. The molecule has 0 aliphatic carbocycles. The summed E-state index contributed by atoms with van der Waals surface area (Å²) in [6, 6.07) is 8.46. The summed E-state index contributed by atoms with van der Waals surface area (Å²) in [5.41, 5.74) is 1.82. The highest BCUT2D eigenvalue weighted by molar-refractivity contribution is 7.99. The average Bonchev–Trinajstić information content (AvgIpc) is 2.76. The Morgan fingerprint density at radius 3 is 3.00 bits per heavy atom. The Hall–Kier alpha value is -1.00. The average molecular weight is 250 g/mol. The molecule has 0 fully saturated rings. The van der Waals surface area contributed by atoms with Crippen LogP contribution in [0.2, 0.25) is 0 Å². The van der Waals surface area contributed by atoms with Crippen molar-refractivity contribution in [2.45, 2.75) is 31.0 Å². The van der Waals surface area contributed by atoms with Crippen molar-refractivity contribution in [2.75, 3.05) is 12.8 Å². The van der Waals surface area contributed by atoms with Gasteiger partial charge in [0.25, 0.3) is 5.22 Å². The van der Waals surface area contributed by atoms with Gasteiger partial charge in [0, 0.05) is 11.8 Å². The fourth-order valence-corrected chi connectivity index (χ4v) is 2.40. The highest BCUT2D eigenvalue weighted by atomic mass is 32.2. The van der Waals surface area contributed by atoms with Crippen LogP contribution in [0.3, 0.4) is 0 Å². The number of nitrogens with one attached hydrogen (secondary N) is 1. The van der Waals surface area contributed by atoms with Gasteiger partial charge in [-0.1, -0.05) is 23.9 Å². The van der Waals surface area contributed by atoms with Crippen molar-refractivity contribution >= 4 is 22.9 Å². The van der Waals surface area contributed by atoms with Crippen LogP contribution in [-0.2, 0) is 0 Å². The second kappa shape index (κ2) is 6.07. The second-order valence-corrected chi connectivity index (χ2v) is 5.17. The van der Waals surface area contributed by atoms with Crippen LogP contribution in [0.25, 0.3) is 11.1 Å². The Bertz CT molecular complexity index is 436.